The fraction of sp³-hybridized carbons (Fsp3) is 0.500. The van der Waals surface area contributed by atoms with E-state index in [1.54, 1.807) is 7.11 Å². The van der Waals surface area contributed by atoms with E-state index < -0.39 is 0 Å². The smallest absolute Gasteiger partial charge is 0.208 e. The first-order valence-electron chi connectivity index (χ1n) is 6.44. The molecule has 0 saturated heterocycles. The van der Waals surface area contributed by atoms with Crippen molar-refractivity contribution < 1.29 is 4.74 Å². The summed E-state index contributed by atoms with van der Waals surface area (Å²) in [6.07, 6.45) is 0.889. The maximum atomic E-state index is 5.51. The number of hydrogen-bond acceptors (Lipinski definition) is 3. The highest BCUT2D eigenvalue weighted by molar-refractivity contribution is 5.79. The Hall–Kier alpha value is -1.59. The summed E-state index contributed by atoms with van der Waals surface area (Å²) in [6, 6.07) is 8.44. The molecule has 0 atom stereocenters. The number of nitrogens with zero attached hydrogens (tertiary/aromatic N) is 2. The van der Waals surface area contributed by atoms with Crippen LogP contribution < -0.4 is 11.3 Å². The summed E-state index contributed by atoms with van der Waals surface area (Å²) in [4.78, 5) is 6.42. The Morgan fingerprint density at radius 2 is 2.05 bits per heavy atom. The molecule has 0 bridgehead atoms. The summed E-state index contributed by atoms with van der Waals surface area (Å²) in [7, 11) is 3.66. The lowest BCUT2D eigenvalue weighted by atomic mass is 10.1. The Morgan fingerprint density at radius 3 is 2.63 bits per heavy atom. The highest BCUT2D eigenvalue weighted by Gasteiger charge is 2.05. The second-order valence-corrected chi connectivity index (χ2v) is 4.54. The largest absolute Gasteiger partial charge is 0.385 e. The Bertz CT molecular complexity index is 389. The molecule has 0 aliphatic carbocycles. The minimum Gasteiger partial charge on any atom is -0.385 e. The zero-order valence-corrected chi connectivity index (χ0v) is 12.0. The van der Waals surface area contributed by atoms with Crippen LogP contribution in [0.2, 0.25) is 0 Å². The molecule has 106 valence electrons. The molecule has 0 radical (unpaired) electrons. The van der Waals surface area contributed by atoms with E-state index in [4.69, 9.17) is 10.6 Å². The summed E-state index contributed by atoms with van der Waals surface area (Å²) in [5.74, 6) is 6.20. The van der Waals surface area contributed by atoms with Crippen molar-refractivity contribution in [3.05, 3.63) is 35.4 Å². The molecule has 0 aliphatic heterocycles. The zero-order chi connectivity index (χ0) is 14.1. The van der Waals surface area contributed by atoms with Gasteiger partial charge in [0.15, 0.2) is 0 Å². The molecule has 0 aromatic heterocycles. The van der Waals surface area contributed by atoms with Gasteiger partial charge in [-0.3, -0.25) is 10.4 Å². The number of benzene rings is 1. The fourth-order valence-corrected chi connectivity index (χ4v) is 1.71. The molecule has 0 heterocycles. The zero-order valence-electron chi connectivity index (χ0n) is 12.0. The molecule has 0 spiro atoms. The summed E-state index contributed by atoms with van der Waals surface area (Å²) in [6.45, 7) is 4.26. The van der Waals surface area contributed by atoms with Gasteiger partial charge in [-0.15, -0.1) is 0 Å². The van der Waals surface area contributed by atoms with Crippen LogP contribution in [-0.4, -0.2) is 38.2 Å². The lowest BCUT2D eigenvalue weighted by molar-refractivity contribution is 0.197. The highest BCUT2D eigenvalue weighted by atomic mass is 16.5. The number of hydrogen-bond donors (Lipinski definition) is 2. The van der Waals surface area contributed by atoms with Gasteiger partial charge in [0.1, 0.15) is 0 Å². The third kappa shape index (κ3) is 5.72. The van der Waals surface area contributed by atoms with E-state index in [9.17, 15) is 0 Å². The van der Waals surface area contributed by atoms with Crippen LogP contribution in [0.4, 0.5) is 0 Å². The first-order valence-corrected chi connectivity index (χ1v) is 6.44. The van der Waals surface area contributed by atoms with Crippen molar-refractivity contribution in [1.29, 1.82) is 0 Å². The minimum atomic E-state index is 0.691. The molecule has 0 unspecified atom stereocenters. The van der Waals surface area contributed by atoms with Gasteiger partial charge in [0.2, 0.25) is 5.96 Å². The van der Waals surface area contributed by atoms with E-state index in [0.717, 1.165) is 13.0 Å². The Balaban J connectivity index is 2.53. The number of methoxy groups -OCH3 is 1. The van der Waals surface area contributed by atoms with Gasteiger partial charge in [0, 0.05) is 33.9 Å². The van der Waals surface area contributed by atoms with E-state index in [1.807, 2.05) is 11.9 Å². The molecule has 5 heteroatoms. The Kier molecular flexibility index (Phi) is 6.92. The van der Waals surface area contributed by atoms with Crippen molar-refractivity contribution in [2.75, 3.05) is 27.3 Å². The molecule has 0 saturated carbocycles. The van der Waals surface area contributed by atoms with Crippen molar-refractivity contribution >= 4 is 5.96 Å². The van der Waals surface area contributed by atoms with Crippen LogP contribution in [0.5, 0.6) is 0 Å². The fourth-order valence-electron chi connectivity index (χ4n) is 1.71. The summed E-state index contributed by atoms with van der Waals surface area (Å²) < 4.78 is 4.99. The van der Waals surface area contributed by atoms with Gasteiger partial charge < -0.3 is 9.64 Å². The summed E-state index contributed by atoms with van der Waals surface area (Å²) in [5.41, 5.74) is 5.14. The maximum Gasteiger partial charge on any atom is 0.208 e. The molecular formula is C14H24N4O. The molecule has 1 rings (SSSR count). The Labute approximate surface area is 115 Å². The third-order valence-corrected chi connectivity index (χ3v) is 2.80. The first kappa shape index (κ1) is 15.5. The van der Waals surface area contributed by atoms with Gasteiger partial charge in [-0.1, -0.05) is 29.8 Å². The van der Waals surface area contributed by atoms with Gasteiger partial charge in [-0.25, -0.2) is 5.84 Å². The molecule has 5 nitrogen and oxygen atoms in total. The van der Waals surface area contributed by atoms with Crippen LogP contribution in [0.15, 0.2) is 29.3 Å². The highest BCUT2D eigenvalue weighted by Crippen LogP contribution is 2.05. The molecular weight excluding hydrogens is 240 g/mol. The van der Waals surface area contributed by atoms with Gasteiger partial charge in [-0.2, -0.15) is 0 Å². The van der Waals surface area contributed by atoms with Gasteiger partial charge in [-0.05, 0) is 18.9 Å². The maximum absolute atomic E-state index is 5.51. The number of nitrogens with two attached hydrogens (primary N) is 1. The van der Waals surface area contributed by atoms with E-state index in [2.05, 4.69) is 41.6 Å². The molecule has 0 amide bonds. The van der Waals surface area contributed by atoms with Gasteiger partial charge in [0.25, 0.3) is 0 Å². The predicted octanol–water partition coefficient (Wildman–Crippen LogP) is 1.28. The molecule has 0 fully saturated rings. The number of guanidine groups is 1. The van der Waals surface area contributed by atoms with Crippen LogP contribution in [0.3, 0.4) is 0 Å². The molecule has 0 aliphatic rings. The average molecular weight is 264 g/mol. The number of hydrazine groups is 1. The van der Waals surface area contributed by atoms with Gasteiger partial charge in [0.05, 0.1) is 0 Å². The van der Waals surface area contributed by atoms with Crippen LogP contribution >= 0.6 is 0 Å². The summed E-state index contributed by atoms with van der Waals surface area (Å²) in [5, 5.41) is 0. The van der Waals surface area contributed by atoms with Crippen LogP contribution in [0.1, 0.15) is 17.5 Å². The third-order valence-electron chi connectivity index (χ3n) is 2.80. The Morgan fingerprint density at radius 1 is 1.37 bits per heavy atom. The number of aryl methyl sites for hydroxylation is 1. The lowest BCUT2D eigenvalue weighted by Gasteiger charge is -2.20. The number of aliphatic imine (C=N–C) groups is 1. The standard InChI is InChI=1S/C14H24N4O/c1-12-5-7-13(8-6-12)11-18(2)14(17-15)16-9-4-10-19-3/h5-8H,4,9-11,15H2,1-3H3,(H,16,17). The van der Waals surface area contributed by atoms with Crippen molar-refractivity contribution in [2.45, 2.75) is 19.9 Å². The average Bonchev–Trinajstić information content (AvgIpc) is 2.41. The lowest BCUT2D eigenvalue weighted by Crippen LogP contribution is -2.42. The second kappa shape index (κ2) is 8.50. The van der Waals surface area contributed by atoms with E-state index in [-0.39, 0.29) is 0 Å². The molecule has 19 heavy (non-hydrogen) atoms. The molecule has 1 aromatic carbocycles. The van der Waals surface area contributed by atoms with E-state index in [1.165, 1.54) is 11.1 Å². The van der Waals surface area contributed by atoms with Gasteiger partial charge >= 0.3 is 0 Å². The molecule has 3 N–H and O–H groups in total. The number of nitrogens with one attached hydrogen (secondary N) is 1. The van der Waals surface area contributed by atoms with E-state index >= 15 is 0 Å². The normalized spacial score (nSPS) is 11.5. The van der Waals surface area contributed by atoms with Crippen molar-refractivity contribution in [1.82, 2.24) is 10.3 Å². The van der Waals surface area contributed by atoms with Crippen molar-refractivity contribution in [3.8, 4) is 0 Å². The van der Waals surface area contributed by atoms with Crippen molar-refractivity contribution in [2.24, 2.45) is 10.8 Å². The SMILES string of the molecule is COCCCN=C(NN)N(C)Cc1ccc(C)cc1. The quantitative estimate of drug-likeness (QED) is 0.267. The number of rotatable bonds is 6. The van der Waals surface area contributed by atoms with Crippen LogP contribution in [0.25, 0.3) is 0 Å². The predicted molar refractivity (Wildman–Crippen MR) is 78.8 cm³/mol. The summed E-state index contributed by atoms with van der Waals surface area (Å²) >= 11 is 0. The molecule has 1 aromatic rings. The topological polar surface area (TPSA) is 62.9 Å². The minimum absolute atomic E-state index is 0.691. The number of ether oxygens (including phenoxy) is 1. The van der Waals surface area contributed by atoms with E-state index in [0.29, 0.717) is 19.1 Å². The van der Waals surface area contributed by atoms with Crippen LogP contribution in [-0.2, 0) is 11.3 Å². The van der Waals surface area contributed by atoms with Crippen LogP contribution in [0, 0.1) is 6.92 Å². The first-order chi connectivity index (χ1) is 9.17. The van der Waals surface area contributed by atoms with Crippen molar-refractivity contribution in [3.63, 3.8) is 0 Å². The second-order valence-electron chi connectivity index (χ2n) is 4.54. The monoisotopic (exact) mass is 264 g/mol.